The summed E-state index contributed by atoms with van der Waals surface area (Å²) in [4.78, 5) is 26.9. The second kappa shape index (κ2) is 6.90. The number of H-pyrrole nitrogens is 1. The molecule has 0 saturated heterocycles. The molecule has 1 aliphatic rings. The highest BCUT2D eigenvalue weighted by Gasteiger charge is 2.27. The molecule has 9 heteroatoms. The third kappa shape index (κ3) is 3.14. The molecule has 0 bridgehead atoms. The van der Waals surface area contributed by atoms with Crippen molar-refractivity contribution >= 4 is 17.3 Å². The molecule has 28 heavy (non-hydrogen) atoms. The van der Waals surface area contributed by atoms with Crippen molar-refractivity contribution in [2.45, 2.75) is 12.5 Å². The molecule has 0 spiro atoms. The molecular formula is C19H15ClN4O4. The summed E-state index contributed by atoms with van der Waals surface area (Å²) in [6, 6.07) is 12.6. The Morgan fingerprint density at radius 3 is 2.39 bits per heavy atom. The molecule has 0 aliphatic carbocycles. The number of hydrazone groups is 1. The number of nitrogens with zero attached hydrogens (tertiary/aromatic N) is 2. The number of halogens is 1. The lowest BCUT2D eigenvalue weighted by molar-refractivity contribution is 0.429. The van der Waals surface area contributed by atoms with E-state index < -0.39 is 17.1 Å². The summed E-state index contributed by atoms with van der Waals surface area (Å²) in [5.41, 5.74) is 2.87. The fourth-order valence-electron chi connectivity index (χ4n) is 3.11. The molecule has 0 fully saturated rings. The van der Waals surface area contributed by atoms with E-state index in [1.807, 2.05) is 0 Å². The molecule has 4 rings (SSSR count). The lowest BCUT2D eigenvalue weighted by Gasteiger charge is -2.12. The Hall–Kier alpha value is -3.52. The van der Waals surface area contributed by atoms with Crippen LogP contribution in [0.4, 0.5) is 0 Å². The minimum absolute atomic E-state index is 0.0803. The molecule has 142 valence electrons. The highest BCUT2D eigenvalue weighted by atomic mass is 35.5. The molecule has 2 heterocycles. The largest absolute Gasteiger partial charge is 0.508 e. The predicted octanol–water partition coefficient (Wildman–Crippen LogP) is 2.03. The topological polar surface area (TPSA) is 120 Å². The van der Waals surface area contributed by atoms with Crippen LogP contribution >= 0.6 is 11.6 Å². The van der Waals surface area contributed by atoms with Gasteiger partial charge in [0.25, 0.3) is 5.56 Å². The van der Waals surface area contributed by atoms with Crippen LogP contribution in [0, 0.1) is 0 Å². The minimum atomic E-state index is -0.768. The van der Waals surface area contributed by atoms with E-state index in [0.29, 0.717) is 22.8 Å². The highest BCUT2D eigenvalue weighted by Crippen LogP contribution is 2.28. The molecule has 0 amide bonds. The van der Waals surface area contributed by atoms with Crippen molar-refractivity contribution in [1.82, 2.24) is 15.0 Å². The molecule has 8 nitrogen and oxygen atoms in total. The predicted molar refractivity (Wildman–Crippen MR) is 104 cm³/mol. The number of hydrogen-bond donors (Lipinski definition) is 4. The first-order valence-electron chi connectivity index (χ1n) is 8.39. The third-order valence-electron chi connectivity index (χ3n) is 4.51. The quantitative estimate of drug-likeness (QED) is 0.538. The normalized spacial score (nSPS) is 15.9. The zero-order valence-corrected chi connectivity index (χ0v) is 15.1. The van der Waals surface area contributed by atoms with Gasteiger partial charge in [0, 0.05) is 11.4 Å². The lowest BCUT2D eigenvalue weighted by atomic mass is 10.00. The lowest BCUT2D eigenvalue weighted by Crippen LogP contribution is -2.33. The van der Waals surface area contributed by atoms with Gasteiger partial charge in [-0.3, -0.25) is 9.78 Å². The molecule has 2 aromatic carbocycles. The summed E-state index contributed by atoms with van der Waals surface area (Å²) in [5, 5.41) is 24.8. The van der Waals surface area contributed by atoms with Crippen LogP contribution in [-0.4, -0.2) is 25.5 Å². The van der Waals surface area contributed by atoms with Gasteiger partial charge in [-0.25, -0.2) is 9.36 Å². The summed E-state index contributed by atoms with van der Waals surface area (Å²) < 4.78 is 0.990. The molecule has 1 atom stereocenters. The number of aromatic nitrogens is 2. The van der Waals surface area contributed by atoms with Gasteiger partial charge in [0.15, 0.2) is 0 Å². The molecule has 0 radical (unpaired) electrons. The minimum Gasteiger partial charge on any atom is -0.508 e. The van der Waals surface area contributed by atoms with Crippen LogP contribution in [0.5, 0.6) is 11.6 Å². The summed E-state index contributed by atoms with van der Waals surface area (Å²) in [6.45, 7) is 0. The Labute approximate surface area is 163 Å². The van der Waals surface area contributed by atoms with Gasteiger partial charge in [0.2, 0.25) is 5.88 Å². The van der Waals surface area contributed by atoms with Crippen molar-refractivity contribution in [3.63, 3.8) is 0 Å². The van der Waals surface area contributed by atoms with Crippen LogP contribution < -0.4 is 16.7 Å². The monoisotopic (exact) mass is 398 g/mol. The van der Waals surface area contributed by atoms with Gasteiger partial charge in [-0.2, -0.15) is 5.10 Å². The number of phenols is 1. The van der Waals surface area contributed by atoms with Crippen LogP contribution in [0.15, 0.2) is 63.2 Å². The maximum atomic E-state index is 12.4. The van der Waals surface area contributed by atoms with Crippen molar-refractivity contribution in [3.8, 4) is 17.3 Å². The van der Waals surface area contributed by atoms with Crippen LogP contribution in [0.1, 0.15) is 23.6 Å². The molecule has 4 N–H and O–H groups in total. The first-order valence-corrected chi connectivity index (χ1v) is 8.77. The Bertz CT molecular complexity index is 1180. The number of hydrogen-bond acceptors (Lipinski definition) is 6. The maximum absolute atomic E-state index is 12.4. The molecule has 3 aromatic rings. The van der Waals surface area contributed by atoms with Crippen LogP contribution in [0.2, 0.25) is 5.02 Å². The van der Waals surface area contributed by atoms with Crippen molar-refractivity contribution < 1.29 is 10.2 Å². The van der Waals surface area contributed by atoms with Gasteiger partial charge < -0.3 is 15.6 Å². The first kappa shape index (κ1) is 17.9. The van der Waals surface area contributed by atoms with Crippen LogP contribution in [-0.2, 0) is 0 Å². The van der Waals surface area contributed by atoms with E-state index in [4.69, 9.17) is 11.6 Å². The fourth-order valence-corrected chi connectivity index (χ4v) is 3.24. The number of rotatable bonds is 3. The van der Waals surface area contributed by atoms with Gasteiger partial charge in [0.05, 0.1) is 17.4 Å². The SMILES string of the molecule is O=c1[nH]c(=O)n(-c2ccc(Cl)cc2)c(O)c1C1=NN[C@H](c2ccc(O)cc2)C1. The van der Waals surface area contributed by atoms with Gasteiger partial charge in [-0.1, -0.05) is 23.7 Å². The van der Waals surface area contributed by atoms with Gasteiger partial charge in [0.1, 0.15) is 11.3 Å². The Morgan fingerprint density at radius 1 is 1.04 bits per heavy atom. The van der Waals surface area contributed by atoms with E-state index in [9.17, 15) is 19.8 Å². The first-order chi connectivity index (χ1) is 13.4. The summed E-state index contributed by atoms with van der Waals surface area (Å²) in [6.07, 6.45) is 0.320. The molecule has 0 unspecified atom stereocenters. The fraction of sp³-hybridized carbons (Fsp3) is 0.105. The average molecular weight is 399 g/mol. The second-order valence-corrected chi connectivity index (χ2v) is 6.74. The van der Waals surface area contributed by atoms with Crippen molar-refractivity contribution in [1.29, 1.82) is 0 Å². The van der Waals surface area contributed by atoms with Gasteiger partial charge >= 0.3 is 5.69 Å². The van der Waals surface area contributed by atoms with Crippen LogP contribution in [0.25, 0.3) is 5.69 Å². The Kier molecular flexibility index (Phi) is 4.40. The molecule has 1 aromatic heterocycles. The smallest absolute Gasteiger partial charge is 0.335 e. The second-order valence-electron chi connectivity index (χ2n) is 6.31. The number of aromatic hydroxyl groups is 2. The van der Waals surface area contributed by atoms with Crippen molar-refractivity contribution in [2.75, 3.05) is 0 Å². The summed E-state index contributed by atoms with van der Waals surface area (Å²) in [5.74, 6) is -0.352. The maximum Gasteiger partial charge on any atom is 0.335 e. The number of phenolic OH excluding ortho intramolecular Hbond substituents is 1. The van der Waals surface area contributed by atoms with E-state index >= 15 is 0 Å². The van der Waals surface area contributed by atoms with E-state index in [2.05, 4.69) is 15.5 Å². The van der Waals surface area contributed by atoms with Crippen molar-refractivity contribution in [3.05, 3.63) is 85.5 Å². The van der Waals surface area contributed by atoms with E-state index in [0.717, 1.165) is 10.1 Å². The Morgan fingerprint density at radius 2 is 1.71 bits per heavy atom. The summed E-state index contributed by atoms with van der Waals surface area (Å²) >= 11 is 5.87. The number of nitrogens with one attached hydrogen (secondary N) is 2. The van der Waals surface area contributed by atoms with E-state index in [1.165, 1.54) is 0 Å². The molecule has 0 saturated carbocycles. The van der Waals surface area contributed by atoms with Gasteiger partial charge in [-0.15, -0.1) is 0 Å². The van der Waals surface area contributed by atoms with Gasteiger partial charge in [-0.05, 0) is 42.0 Å². The zero-order valence-electron chi connectivity index (χ0n) is 14.4. The molecular weight excluding hydrogens is 384 g/mol. The average Bonchev–Trinajstić information content (AvgIpc) is 3.13. The summed E-state index contributed by atoms with van der Waals surface area (Å²) in [7, 11) is 0. The third-order valence-corrected chi connectivity index (χ3v) is 4.76. The highest BCUT2D eigenvalue weighted by molar-refractivity contribution is 6.30. The van der Waals surface area contributed by atoms with E-state index in [-0.39, 0.29) is 17.4 Å². The number of aromatic amines is 1. The number of benzene rings is 2. The molecule has 1 aliphatic heterocycles. The standard InChI is InChI=1S/C19H15ClN4O4/c20-11-3-5-12(6-4-11)24-18(27)16(17(26)21-19(24)28)15-9-14(22-23-15)10-1-7-13(25)8-2-10/h1-8,14,22,25,27H,9H2,(H,21,26,28)/t14-/m0/s1. The van der Waals surface area contributed by atoms with Crippen LogP contribution in [0.3, 0.4) is 0 Å². The van der Waals surface area contributed by atoms with Crippen molar-refractivity contribution in [2.24, 2.45) is 5.10 Å². The van der Waals surface area contributed by atoms with E-state index in [1.54, 1.807) is 48.5 Å². The zero-order chi connectivity index (χ0) is 19.8. The Balaban J connectivity index is 1.73.